The number of carbonyl (C=O) groups is 2. The first-order chi connectivity index (χ1) is 10.0. The molecule has 0 bridgehead atoms. The third-order valence-electron chi connectivity index (χ3n) is 2.85. The van der Waals surface area contributed by atoms with Crippen molar-refractivity contribution >= 4 is 11.9 Å². The molecule has 0 radical (unpaired) electrons. The van der Waals surface area contributed by atoms with E-state index in [1.165, 1.54) is 7.11 Å². The van der Waals surface area contributed by atoms with E-state index in [-0.39, 0.29) is 18.9 Å². The number of ether oxygens (including phenoxy) is 2. The van der Waals surface area contributed by atoms with Crippen molar-refractivity contribution in [2.45, 2.75) is 25.9 Å². The van der Waals surface area contributed by atoms with Gasteiger partial charge in [-0.05, 0) is 31.0 Å². The van der Waals surface area contributed by atoms with Gasteiger partial charge in [-0.15, -0.1) is 0 Å². The molecule has 1 aromatic carbocycles. The molecule has 1 atom stereocenters. The van der Waals surface area contributed by atoms with E-state index >= 15 is 0 Å². The molecule has 0 aliphatic rings. The van der Waals surface area contributed by atoms with Crippen LogP contribution in [0.25, 0.3) is 0 Å². The summed E-state index contributed by atoms with van der Waals surface area (Å²) in [4.78, 5) is 22.2. The summed E-state index contributed by atoms with van der Waals surface area (Å²) >= 11 is 0. The maximum atomic E-state index is 11.5. The summed E-state index contributed by atoms with van der Waals surface area (Å²) in [7, 11) is 1.29. The number of methoxy groups -OCH3 is 1. The molecule has 0 spiro atoms. The molecular weight excluding hydrogens is 274 g/mol. The summed E-state index contributed by atoms with van der Waals surface area (Å²) in [5.41, 5.74) is 1.12. The third kappa shape index (κ3) is 6.76. The second kappa shape index (κ2) is 8.97. The lowest BCUT2D eigenvalue weighted by atomic mass is 10.2. The van der Waals surface area contributed by atoms with Gasteiger partial charge in [0.1, 0.15) is 5.75 Å². The van der Waals surface area contributed by atoms with Crippen LogP contribution in [-0.2, 0) is 14.3 Å². The predicted molar refractivity (Wildman–Crippen MR) is 77.4 cm³/mol. The van der Waals surface area contributed by atoms with E-state index in [0.717, 1.165) is 11.3 Å². The fourth-order valence-electron chi connectivity index (χ4n) is 1.69. The fourth-order valence-corrected chi connectivity index (χ4v) is 1.69. The SMILES string of the molecule is COC(CNC(=O)CCCOc1cccc(C)c1)C(=O)O. The first-order valence-electron chi connectivity index (χ1n) is 6.74. The predicted octanol–water partition coefficient (Wildman–Crippen LogP) is 1.37. The fraction of sp³-hybridized carbons (Fsp3) is 0.467. The van der Waals surface area contributed by atoms with E-state index in [0.29, 0.717) is 13.0 Å². The number of carboxylic acid groups (broad SMARTS) is 1. The molecule has 21 heavy (non-hydrogen) atoms. The van der Waals surface area contributed by atoms with Gasteiger partial charge in [0.25, 0.3) is 0 Å². The third-order valence-corrected chi connectivity index (χ3v) is 2.85. The molecule has 6 nitrogen and oxygen atoms in total. The first kappa shape index (κ1) is 17.0. The summed E-state index contributed by atoms with van der Waals surface area (Å²) in [6.45, 7) is 2.38. The maximum Gasteiger partial charge on any atom is 0.334 e. The van der Waals surface area contributed by atoms with Crippen LogP contribution in [0.15, 0.2) is 24.3 Å². The number of carboxylic acids is 1. The van der Waals surface area contributed by atoms with Crippen LogP contribution in [-0.4, -0.2) is 43.3 Å². The summed E-state index contributed by atoms with van der Waals surface area (Å²) in [6, 6.07) is 7.68. The van der Waals surface area contributed by atoms with Gasteiger partial charge in [0, 0.05) is 13.5 Å². The quantitative estimate of drug-likeness (QED) is 0.672. The number of rotatable bonds is 9. The first-order valence-corrected chi connectivity index (χ1v) is 6.74. The summed E-state index contributed by atoms with van der Waals surface area (Å²) < 4.78 is 10.2. The number of aliphatic carboxylic acids is 1. The Balaban J connectivity index is 2.17. The van der Waals surface area contributed by atoms with Gasteiger partial charge in [-0.1, -0.05) is 12.1 Å². The summed E-state index contributed by atoms with van der Waals surface area (Å²) in [6.07, 6.45) is -0.177. The number of amides is 1. The number of benzene rings is 1. The van der Waals surface area contributed by atoms with Gasteiger partial charge < -0.3 is 19.9 Å². The Morgan fingerprint density at radius 3 is 2.76 bits per heavy atom. The van der Waals surface area contributed by atoms with Crippen molar-refractivity contribution in [2.24, 2.45) is 0 Å². The number of hydrogen-bond donors (Lipinski definition) is 2. The van der Waals surface area contributed by atoms with Crippen molar-refractivity contribution in [2.75, 3.05) is 20.3 Å². The highest BCUT2D eigenvalue weighted by Crippen LogP contribution is 2.12. The second-order valence-electron chi connectivity index (χ2n) is 4.64. The smallest absolute Gasteiger partial charge is 0.334 e. The Morgan fingerprint density at radius 1 is 1.38 bits per heavy atom. The van der Waals surface area contributed by atoms with Gasteiger partial charge in [-0.25, -0.2) is 4.79 Å². The van der Waals surface area contributed by atoms with E-state index in [4.69, 9.17) is 14.6 Å². The van der Waals surface area contributed by atoms with E-state index < -0.39 is 12.1 Å². The number of aryl methyl sites for hydroxylation is 1. The molecule has 0 saturated heterocycles. The Labute approximate surface area is 124 Å². The normalized spacial score (nSPS) is 11.7. The van der Waals surface area contributed by atoms with Crippen molar-refractivity contribution in [3.05, 3.63) is 29.8 Å². The van der Waals surface area contributed by atoms with Crippen LogP contribution in [0, 0.1) is 6.92 Å². The number of nitrogens with one attached hydrogen (secondary N) is 1. The van der Waals surface area contributed by atoms with Crippen molar-refractivity contribution in [1.29, 1.82) is 0 Å². The molecule has 6 heteroatoms. The molecule has 1 aromatic rings. The maximum absolute atomic E-state index is 11.5. The molecule has 0 saturated carbocycles. The molecule has 2 N–H and O–H groups in total. The lowest BCUT2D eigenvalue weighted by molar-refractivity contribution is -0.148. The van der Waals surface area contributed by atoms with Crippen molar-refractivity contribution in [3.63, 3.8) is 0 Å². The average Bonchev–Trinajstić information content (AvgIpc) is 2.44. The molecule has 1 amide bonds. The van der Waals surface area contributed by atoms with Gasteiger partial charge in [0.15, 0.2) is 6.10 Å². The molecular formula is C15H21NO5. The highest BCUT2D eigenvalue weighted by molar-refractivity contribution is 5.78. The van der Waals surface area contributed by atoms with Crippen molar-refractivity contribution in [3.8, 4) is 5.75 Å². The monoisotopic (exact) mass is 295 g/mol. The van der Waals surface area contributed by atoms with E-state index in [9.17, 15) is 9.59 Å². The zero-order valence-electron chi connectivity index (χ0n) is 12.3. The highest BCUT2D eigenvalue weighted by Gasteiger charge is 2.16. The molecule has 0 aromatic heterocycles. The highest BCUT2D eigenvalue weighted by atomic mass is 16.5. The van der Waals surface area contributed by atoms with Crippen LogP contribution in [0.3, 0.4) is 0 Å². The van der Waals surface area contributed by atoms with Crippen molar-refractivity contribution in [1.82, 2.24) is 5.32 Å². The summed E-state index contributed by atoms with van der Waals surface area (Å²) in [5.74, 6) is -0.535. The van der Waals surface area contributed by atoms with E-state index in [2.05, 4.69) is 5.32 Å². The average molecular weight is 295 g/mol. The summed E-state index contributed by atoms with van der Waals surface area (Å²) in [5, 5.41) is 11.3. The van der Waals surface area contributed by atoms with Crippen LogP contribution in [0.2, 0.25) is 0 Å². The molecule has 0 aliphatic carbocycles. The Bertz CT molecular complexity index is 475. The van der Waals surface area contributed by atoms with Gasteiger partial charge in [-0.2, -0.15) is 0 Å². The minimum atomic E-state index is -1.10. The number of carbonyl (C=O) groups excluding carboxylic acids is 1. The van der Waals surface area contributed by atoms with Crippen LogP contribution in [0.4, 0.5) is 0 Å². The lowest BCUT2D eigenvalue weighted by Crippen LogP contribution is -2.37. The molecule has 1 rings (SSSR count). The van der Waals surface area contributed by atoms with E-state index in [1.807, 2.05) is 31.2 Å². The van der Waals surface area contributed by atoms with Gasteiger partial charge in [0.2, 0.25) is 5.91 Å². The standard InChI is InChI=1S/C15H21NO5/c1-11-5-3-6-12(9-11)21-8-4-7-14(17)16-10-13(20-2)15(18)19/h3,5-6,9,13H,4,7-8,10H2,1-2H3,(H,16,17)(H,18,19). The van der Waals surface area contributed by atoms with Crippen LogP contribution < -0.4 is 10.1 Å². The topological polar surface area (TPSA) is 84.9 Å². The van der Waals surface area contributed by atoms with Gasteiger partial charge >= 0.3 is 5.97 Å². The lowest BCUT2D eigenvalue weighted by Gasteiger charge is -2.11. The van der Waals surface area contributed by atoms with Crippen LogP contribution >= 0.6 is 0 Å². The minimum Gasteiger partial charge on any atom is -0.494 e. The van der Waals surface area contributed by atoms with Gasteiger partial charge in [-0.3, -0.25) is 4.79 Å². The van der Waals surface area contributed by atoms with E-state index in [1.54, 1.807) is 0 Å². The zero-order chi connectivity index (χ0) is 15.7. The molecule has 0 heterocycles. The van der Waals surface area contributed by atoms with Crippen LogP contribution in [0.5, 0.6) is 5.75 Å². The molecule has 0 fully saturated rings. The molecule has 1 unspecified atom stereocenters. The molecule has 0 aliphatic heterocycles. The Kier molecular flexibility index (Phi) is 7.25. The zero-order valence-corrected chi connectivity index (χ0v) is 12.3. The van der Waals surface area contributed by atoms with Crippen molar-refractivity contribution < 1.29 is 24.2 Å². The Hall–Kier alpha value is -2.08. The van der Waals surface area contributed by atoms with Crippen LogP contribution in [0.1, 0.15) is 18.4 Å². The molecule has 116 valence electrons. The number of hydrogen-bond acceptors (Lipinski definition) is 4. The second-order valence-corrected chi connectivity index (χ2v) is 4.64. The Morgan fingerprint density at radius 2 is 2.14 bits per heavy atom. The largest absolute Gasteiger partial charge is 0.494 e. The minimum absolute atomic E-state index is 0.0383. The van der Waals surface area contributed by atoms with Gasteiger partial charge in [0.05, 0.1) is 13.2 Å².